The van der Waals surface area contributed by atoms with Gasteiger partial charge in [-0.3, -0.25) is 9.59 Å². The monoisotopic (exact) mass is 674 g/mol. The molecule has 0 heterocycles. The predicted molar refractivity (Wildman–Crippen MR) is 107 cm³/mol. The van der Waals surface area contributed by atoms with Gasteiger partial charge in [0.25, 0.3) is 0 Å². The van der Waals surface area contributed by atoms with Gasteiger partial charge in [-0.05, 0) is 0 Å². The molecule has 0 radical (unpaired) electrons. The van der Waals surface area contributed by atoms with E-state index < -0.39 is 109 Å². The maximum absolute atomic E-state index is 10.3. The summed E-state index contributed by atoms with van der Waals surface area (Å²) in [5.41, 5.74) is -8.47. The molecule has 0 saturated carbocycles. The molecule has 42 heavy (non-hydrogen) atoms. The minimum atomic E-state index is -2.86. The van der Waals surface area contributed by atoms with Crippen molar-refractivity contribution in [1.29, 1.82) is 0 Å². The molecule has 0 rings (SSSR count). The smallest absolute Gasteiger partial charge is 0.550 e. The van der Waals surface area contributed by atoms with Crippen molar-refractivity contribution < 1.29 is 207 Å². The van der Waals surface area contributed by atoms with Crippen LogP contribution in [0.4, 0.5) is 0 Å². The van der Waals surface area contributed by atoms with Crippen molar-refractivity contribution in [3.8, 4) is 0 Å². The summed E-state index contributed by atoms with van der Waals surface area (Å²) in [4.78, 5) is 90.8. The first-order chi connectivity index (χ1) is 17.3. The molecular formula is C18H20K2MgO21. The summed E-state index contributed by atoms with van der Waals surface area (Å²) < 4.78 is 0. The second-order valence-electron chi connectivity index (χ2n) is 7.35. The van der Waals surface area contributed by atoms with Crippen LogP contribution in [0, 0.1) is 0 Å². The van der Waals surface area contributed by atoms with Crippen molar-refractivity contribution in [1.82, 2.24) is 0 Å². The molecule has 2 atom stereocenters. The van der Waals surface area contributed by atoms with Crippen molar-refractivity contribution in [2.45, 2.75) is 55.3 Å². The zero-order valence-electron chi connectivity index (χ0n) is 21.8. The van der Waals surface area contributed by atoms with Crippen LogP contribution in [0.3, 0.4) is 0 Å². The van der Waals surface area contributed by atoms with Crippen molar-refractivity contribution >= 4 is 76.8 Å². The van der Waals surface area contributed by atoms with E-state index in [0.717, 1.165) is 0 Å². The second kappa shape index (κ2) is 24.5. The normalized spacial score (nSPS) is 12.4. The standard InChI is InChI=1S/3C6H8O7.2K.Mg/c3*7-3(8)1-6(13,5(11)12)2-4(9)10;;;/h3*13H,1-2H2,(H,7,8)(H,9,10)(H,11,12);;;/q;;;2*+1;+2/p-4. The van der Waals surface area contributed by atoms with Gasteiger partial charge in [0.2, 0.25) is 0 Å². The van der Waals surface area contributed by atoms with Gasteiger partial charge in [0.1, 0.15) is 0 Å². The van der Waals surface area contributed by atoms with E-state index in [1.165, 1.54) is 0 Å². The number of hydrogen-bond donors (Lipinski definition) is 8. The van der Waals surface area contributed by atoms with Crippen LogP contribution in [-0.2, 0) is 43.2 Å². The zero-order chi connectivity index (χ0) is 31.9. The summed E-state index contributed by atoms with van der Waals surface area (Å²) >= 11 is 0. The maximum atomic E-state index is 10.3. The van der Waals surface area contributed by atoms with Gasteiger partial charge in [0.05, 0.1) is 12.8 Å². The Morgan fingerprint density at radius 1 is 0.405 bits per heavy atom. The number of aliphatic hydroxyl groups is 3. The van der Waals surface area contributed by atoms with E-state index in [4.69, 9.17) is 40.9 Å². The van der Waals surface area contributed by atoms with Gasteiger partial charge in [-0.15, -0.1) is 0 Å². The van der Waals surface area contributed by atoms with E-state index in [-0.39, 0.29) is 126 Å². The molecule has 0 aromatic carbocycles. The number of carboxylic acids is 9. The Hall–Kier alpha value is -0.851. The molecule has 21 nitrogen and oxygen atoms in total. The largest absolute Gasteiger partial charge is 2.00 e. The summed E-state index contributed by atoms with van der Waals surface area (Å²) in [5.74, 6) is -16.3. The number of hydrogen-bond acceptors (Lipinski definition) is 16. The molecule has 0 spiro atoms. The van der Waals surface area contributed by atoms with Gasteiger partial charge in [-0.2, -0.15) is 0 Å². The SMILES string of the molecule is O=C([O-])CC(O)(CC(=O)O)C(=O)O.O=C([O-])CC(O)(CC(=O)O)C(=O)O.O=C([O-])CC(O)(CC(=O)[O-])C(=O)O.[K+].[K+].[Mg+2]. The van der Waals surface area contributed by atoms with Crippen LogP contribution in [0.5, 0.6) is 0 Å². The fourth-order valence-corrected chi connectivity index (χ4v) is 2.10. The molecule has 222 valence electrons. The molecule has 8 N–H and O–H groups in total. The summed E-state index contributed by atoms with van der Waals surface area (Å²) in [5, 5.41) is 108. The van der Waals surface area contributed by atoms with Gasteiger partial charge < -0.3 is 80.5 Å². The average Bonchev–Trinajstić information content (AvgIpc) is 2.64. The Bertz CT molecular complexity index is 824. The van der Waals surface area contributed by atoms with Gasteiger partial charge in [0, 0.05) is 49.6 Å². The summed E-state index contributed by atoms with van der Waals surface area (Å²) in [6.45, 7) is 0. The number of carbonyl (C=O) groups is 9. The van der Waals surface area contributed by atoms with Crippen molar-refractivity contribution in [2.75, 3.05) is 0 Å². The third-order valence-corrected chi connectivity index (χ3v) is 3.83. The van der Waals surface area contributed by atoms with Crippen LogP contribution in [0.25, 0.3) is 0 Å². The number of carbonyl (C=O) groups excluding carboxylic acids is 4. The predicted octanol–water partition coefficient (Wildman–Crippen LogP) is -15.5. The number of aliphatic carboxylic acids is 9. The molecule has 0 fully saturated rings. The van der Waals surface area contributed by atoms with Crippen LogP contribution in [0.2, 0.25) is 0 Å². The molecule has 0 saturated heterocycles. The third kappa shape index (κ3) is 25.6. The zero-order valence-corrected chi connectivity index (χ0v) is 29.5. The average molecular weight is 675 g/mol. The van der Waals surface area contributed by atoms with E-state index in [9.17, 15) is 63.6 Å². The number of carboxylic acid groups (broad SMARTS) is 9. The Kier molecular flexibility index (Phi) is 31.3. The first kappa shape index (κ1) is 53.7. The molecule has 0 bridgehead atoms. The minimum Gasteiger partial charge on any atom is -0.550 e. The van der Waals surface area contributed by atoms with E-state index in [2.05, 4.69) is 0 Å². The fraction of sp³-hybridized carbons (Fsp3) is 0.500. The summed E-state index contributed by atoms with van der Waals surface area (Å²) in [6.07, 6.45) is -7.47. The van der Waals surface area contributed by atoms with Gasteiger partial charge in [0.15, 0.2) is 16.8 Å². The first-order valence-corrected chi connectivity index (χ1v) is 9.44. The molecule has 0 aliphatic rings. The van der Waals surface area contributed by atoms with E-state index in [0.29, 0.717) is 0 Å². The van der Waals surface area contributed by atoms with Crippen molar-refractivity contribution in [3.05, 3.63) is 0 Å². The molecule has 0 aromatic heterocycles. The molecule has 0 aromatic rings. The molecular weight excluding hydrogens is 655 g/mol. The topological polar surface area (TPSA) is 408 Å². The first-order valence-electron chi connectivity index (χ1n) is 9.44. The van der Waals surface area contributed by atoms with E-state index in [1.807, 2.05) is 0 Å². The van der Waals surface area contributed by atoms with Gasteiger partial charge in [-0.1, -0.05) is 0 Å². The minimum absolute atomic E-state index is 0. The molecule has 2 unspecified atom stereocenters. The van der Waals surface area contributed by atoms with Gasteiger partial charge >= 0.3 is 156 Å². The third-order valence-electron chi connectivity index (χ3n) is 3.83. The molecule has 0 aliphatic carbocycles. The van der Waals surface area contributed by atoms with Crippen molar-refractivity contribution in [3.63, 3.8) is 0 Å². The van der Waals surface area contributed by atoms with Crippen LogP contribution < -0.4 is 123 Å². The van der Waals surface area contributed by atoms with Crippen LogP contribution in [0.1, 0.15) is 38.5 Å². The quantitative estimate of drug-likeness (QED) is 0.0747. The second-order valence-corrected chi connectivity index (χ2v) is 7.35. The summed E-state index contributed by atoms with van der Waals surface area (Å²) in [6, 6.07) is 0. The Balaban J connectivity index is -0.000000112. The fourth-order valence-electron chi connectivity index (χ4n) is 2.10. The Labute approximate surface area is 334 Å². The maximum Gasteiger partial charge on any atom is 2.00 e. The van der Waals surface area contributed by atoms with Crippen LogP contribution in [0.15, 0.2) is 0 Å². The summed E-state index contributed by atoms with van der Waals surface area (Å²) in [7, 11) is 0. The molecule has 24 heteroatoms. The van der Waals surface area contributed by atoms with Crippen molar-refractivity contribution in [2.24, 2.45) is 0 Å². The Morgan fingerprint density at radius 2 is 0.548 bits per heavy atom. The van der Waals surface area contributed by atoms with E-state index in [1.54, 1.807) is 0 Å². The molecule has 0 amide bonds. The van der Waals surface area contributed by atoms with Gasteiger partial charge in [-0.25, -0.2) is 14.4 Å². The van der Waals surface area contributed by atoms with Crippen LogP contribution in [-0.4, -0.2) is 134 Å². The molecule has 0 aliphatic heterocycles. The van der Waals surface area contributed by atoms with Crippen LogP contribution >= 0.6 is 0 Å². The number of rotatable bonds is 15. The Morgan fingerprint density at radius 3 is 0.643 bits per heavy atom. The van der Waals surface area contributed by atoms with E-state index >= 15 is 0 Å².